The van der Waals surface area contributed by atoms with Crippen molar-refractivity contribution in [1.29, 1.82) is 0 Å². The summed E-state index contributed by atoms with van der Waals surface area (Å²) in [4.78, 5) is 37.7. The van der Waals surface area contributed by atoms with Crippen LogP contribution < -0.4 is 0 Å². The van der Waals surface area contributed by atoms with Crippen LogP contribution in [0.25, 0.3) is 0 Å². The number of carbonyl (C=O) groups excluding carboxylic acids is 3. The number of rotatable bonds is 1. The Morgan fingerprint density at radius 2 is 1.00 bits per heavy atom. The number of hydrogen-bond donors (Lipinski definition) is 1. The molecular weight excluding hydrogens is 760 g/mol. The largest absolute Gasteiger partial charge is 0.444 e. The van der Waals surface area contributed by atoms with Crippen LogP contribution in [0.3, 0.4) is 0 Å². The normalized spacial score (nSPS) is 16.3. The number of Topliss-reactive ketones (excluding diaryl/α,β-unsaturated/α-hetero) is 1. The highest BCUT2D eigenvalue weighted by Crippen LogP contribution is 2.34. The molecule has 1 N–H and O–H groups in total. The quantitative estimate of drug-likeness (QED) is 0.309. The molecule has 0 radical (unpaired) electrons. The van der Waals surface area contributed by atoms with Crippen LogP contribution in [-0.2, 0) is 19.9 Å². The number of aliphatic hydroxyl groups is 1. The van der Waals surface area contributed by atoms with E-state index < -0.39 is 16.8 Å². The molecule has 0 bridgehead atoms. The van der Waals surface area contributed by atoms with Gasteiger partial charge in [0.15, 0.2) is 0 Å². The Labute approximate surface area is 288 Å². The average molecular weight is 807 g/mol. The van der Waals surface area contributed by atoms with Crippen molar-refractivity contribution in [1.82, 2.24) is 9.80 Å². The Kier molecular flexibility index (Phi) is 16.1. The molecule has 4 rings (SSSR count). The molecule has 2 saturated heterocycles. The number of ether oxygens (including phenoxy) is 2. The van der Waals surface area contributed by atoms with E-state index in [2.05, 4.69) is 47.8 Å². The van der Waals surface area contributed by atoms with E-state index in [0.29, 0.717) is 51.9 Å². The van der Waals surface area contributed by atoms with Gasteiger partial charge in [-0.3, -0.25) is 4.79 Å². The van der Waals surface area contributed by atoms with Gasteiger partial charge in [-0.15, -0.1) is 0 Å². The lowest BCUT2D eigenvalue weighted by Crippen LogP contribution is -2.46. The van der Waals surface area contributed by atoms with Gasteiger partial charge in [0, 0.05) is 52.4 Å². The van der Waals surface area contributed by atoms with Crippen LogP contribution in [-0.4, -0.2) is 70.3 Å². The minimum absolute atomic E-state index is 0. The van der Waals surface area contributed by atoms with E-state index in [-0.39, 0.29) is 25.4 Å². The van der Waals surface area contributed by atoms with Crippen molar-refractivity contribution in [3.63, 3.8) is 0 Å². The van der Waals surface area contributed by atoms with E-state index in [9.17, 15) is 19.5 Å². The van der Waals surface area contributed by atoms with Crippen LogP contribution in [0.5, 0.6) is 0 Å². The molecule has 8 nitrogen and oxygen atoms in total. The van der Waals surface area contributed by atoms with Gasteiger partial charge in [-0.2, -0.15) is 0 Å². The van der Waals surface area contributed by atoms with Gasteiger partial charge in [-0.1, -0.05) is 67.3 Å². The predicted octanol–water partition coefficient (Wildman–Crippen LogP) is 9.10. The smallest absolute Gasteiger partial charge is 0.410 e. The molecule has 11 heteroatoms. The van der Waals surface area contributed by atoms with Crippen molar-refractivity contribution < 1.29 is 29.0 Å². The minimum atomic E-state index is -0.862. The Morgan fingerprint density at radius 1 is 0.682 bits per heavy atom. The number of halogens is 3. The minimum Gasteiger partial charge on any atom is -0.444 e. The first-order valence-corrected chi connectivity index (χ1v) is 16.6. The Balaban J connectivity index is 0.000000362. The molecule has 2 heterocycles. The number of hydrogen-bond acceptors (Lipinski definition) is 6. The summed E-state index contributed by atoms with van der Waals surface area (Å²) in [7, 11) is 0. The molecule has 2 aliphatic rings. The number of amides is 2. The first-order valence-electron chi connectivity index (χ1n) is 14.2. The molecule has 0 saturated carbocycles. The molecule has 0 spiro atoms. The molecule has 246 valence electrons. The fourth-order valence-corrected chi connectivity index (χ4v) is 4.92. The highest BCUT2D eigenvalue weighted by Gasteiger charge is 2.36. The first kappa shape index (κ1) is 40.1. The zero-order valence-electron chi connectivity index (χ0n) is 25.8. The Morgan fingerprint density at radius 3 is 1.34 bits per heavy atom. The second-order valence-electron chi connectivity index (χ2n) is 12.4. The molecular formula is C33H47Br3N2O6. The van der Waals surface area contributed by atoms with Gasteiger partial charge >= 0.3 is 12.2 Å². The van der Waals surface area contributed by atoms with Crippen LogP contribution in [0, 0.1) is 0 Å². The van der Waals surface area contributed by atoms with Crippen molar-refractivity contribution in [2.45, 2.75) is 91.5 Å². The van der Waals surface area contributed by atoms with Gasteiger partial charge in [0.25, 0.3) is 0 Å². The third-order valence-corrected chi connectivity index (χ3v) is 7.99. The van der Waals surface area contributed by atoms with Crippen molar-refractivity contribution in [2.24, 2.45) is 0 Å². The lowest BCUT2D eigenvalue weighted by Gasteiger charge is -2.38. The number of ketones is 1. The zero-order valence-corrected chi connectivity index (χ0v) is 30.6. The lowest BCUT2D eigenvalue weighted by molar-refractivity contribution is -0.121. The summed E-state index contributed by atoms with van der Waals surface area (Å²) in [5, 5.41) is 10.8. The Bertz CT molecular complexity index is 1170. The fourth-order valence-electron chi connectivity index (χ4n) is 4.13. The fraction of sp³-hybridized carbons (Fsp3) is 0.545. The van der Waals surface area contributed by atoms with Crippen molar-refractivity contribution in [3.8, 4) is 0 Å². The van der Waals surface area contributed by atoms with E-state index in [1.807, 2.05) is 90.1 Å². The van der Waals surface area contributed by atoms with Gasteiger partial charge in [0.1, 0.15) is 17.0 Å². The average Bonchev–Trinajstić information content (AvgIpc) is 2.90. The highest BCUT2D eigenvalue weighted by atomic mass is 79.9. The van der Waals surface area contributed by atoms with Gasteiger partial charge in [0.05, 0.1) is 5.60 Å². The number of piperidine rings is 2. The highest BCUT2D eigenvalue weighted by molar-refractivity contribution is 9.11. The summed E-state index contributed by atoms with van der Waals surface area (Å²) < 4.78 is 13.8. The van der Waals surface area contributed by atoms with Gasteiger partial charge in [-0.25, -0.2) is 9.59 Å². The summed E-state index contributed by atoms with van der Waals surface area (Å²) in [6.07, 6.45) is 1.34. The molecule has 0 unspecified atom stereocenters. The number of carbonyl (C=O) groups is 3. The van der Waals surface area contributed by atoms with E-state index in [1.165, 1.54) is 0 Å². The van der Waals surface area contributed by atoms with E-state index in [4.69, 9.17) is 9.47 Å². The van der Waals surface area contributed by atoms with Crippen LogP contribution in [0.1, 0.15) is 80.2 Å². The Hall–Kier alpha value is -1.95. The predicted molar refractivity (Wildman–Crippen MR) is 186 cm³/mol. The second kappa shape index (κ2) is 17.7. The number of nitrogens with zero attached hydrogens (tertiary/aromatic N) is 2. The summed E-state index contributed by atoms with van der Waals surface area (Å²) in [6, 6.07) is 15.7. The third kappa shape index (κ3) is 14.9. The molecule has 0 aromatic heterocycles. The summed E-state index contributed by atoms with van der Waals surface area (Å²) in [5.74, 6) is 0.227. The number of benzene rings is 2. The van der Waals surface area contributed by atoms with Gasteiger partial charge in [-0.05, 0) is 96.3 Å². The van der Waals surface area contributed by atoms with Crippen molar-refractivity contribution in [3.05, 3.63) is 67.5 Å². The van der Waals surface area contributed by atoms with E-state index in [1.54, 1.807) is 9.80 Å². The first-order chi connectivity index (χ1) is 19.9. The molecule has 0 aliphatic carbocycles. The lowest BCUT2D eigenvalue weighted by atomic mass is 9.84. The van der Waals surface area contributed by atoms with Crippen LogP contribution in [0.15, 0.2) is 61.9 Å². The van der Waals surface area contributed by atoms with Crippen LogP contribution in [0.2, 0.25) is 0 Å². The summed E-state index contributed by atoms with van der Waals surface area (Å²) >= 11 is 10.0. The maximum atomic E-state index is 12.0. The molecule has 2 aromatic rings. The summed E-state index contributed by atoms with van der Waals surface area (Å²) in [6.45, 7) is 13.1. The van der Waals surface area contributed by atoms with E-state index in [0.717, 1.165) is 19.0 Å². The third-order valence-electron chi connectivity index (χ3n) is 6.40. The summed E-state index contributed by atoms with van der Waals surface area (Å²) in [5.41, 5.74) is -0.913. The zero-order chi connectivity index (χ0) is 32.4. The SMILES string of the molecule is Brc1ccc(Br)cc1.C.CC(C)(C)OC(=O)N1CCC(=O)CC1.CC(C)(C)OC(=O)N1CCC(O)(c2ccc(Br)cc2)CC1. The van der Waals surface area contributed by atoms with Crippen LogP contribution in [0.4, 0.5) is 9.59 Å². The van der Waals surface area contributed by atoms with E-state index >= 15 is 0 Å². The van der Waals surface area contributed by atoms with Gasteiger partial charge in [0.2, 0.25) is 0 Å². The molecule has 2 fully saturated rings. The molecule has 44 heavy (non-hydrogen) atoms. The van der Waals surface area contributed by atoms with Gasteiger partial charge < -0.3 is 24.4 Å². The molecule has 2 aromatic carbocycles. The molecule has 2 amide bonds. The standard InChI is InChI=1S/C16H22BrNO3.C10H17NO3.C6H4Br2.CH4/c1-15(2,3)21-14(19)18-10-8-16(20,9-11-18)12-4-6-13(17)7-5-12;1-10(2,3)14-9(13)11-6-4-8(12)5-7-11;7-5-1-2-6(8)4-3-5;/h4-7,20H,8-11H2,1-3H3;4-7H2,1-3H3;1-4H;1H4. The van der Waals surface area contributed by atoms with Crippen molar-refractivity contribution >= 4 is 65.8 Å². The maximum absolute atomic E-state index is 12.0. The number of likely N-dealkylation sites (tertiary alicyclic amines) is 2. The topological polar surface area (TPSA) is 96.4 Å². The van der Waals surface area contributed by atoms with Crippen molar-refractivity contribution in [2.75, 3.05) is 26.2 Å². The maximum Gasteiger partial charge on any atom is 0.410 e. The second-order valence-corrected chi connectivity index (χ2v) is 15.2. The molecule has 2 aliphatic heterocycles. The monoisotopic (exact) mass is 804 g/mol. The van der Waals surface area contributed by atoms with Crippen LogP contribution >= 0.6 is 47.8 Å². The molecule has 0 atom stereocenters.